The van der Waals surface area contributed by atoms with Gasteiger partial charge in [0.15, 0.2) is 5.82 Å². The summed E-state index contributed by atoms with van der Waals surface area (Å²) in [6, 6.07) is 12.5. The third-order valence-corrected chi connectivity index (χ3v) is 4.90. The number of carbonyl (C=O) groups is 3. The molecule has 0 fully saturated rings. The van der Waals surface area contributed by atoms with Gasteiger partial charge in [0, 0.05) is 18.2 Å². The molecule has 0 aliphatic heterocycles. The fourth-order valence-electron chi connectivity index (χ4n) is 3.29. The van der Waals surface area contributed by atoms with Crippen molar-refractivity contribution in [2.75, 3.05) is 5.32 Å². The van der Waals surface area contributed by atoms with Gasteiger partial charge < -0.3 is 35.0 Å². The van der Waals surface area contributed by atoms with Gasteiger partial charge in [-0.15, -0.1) is 0 Å². The smallest absolute Gasteiger partial charge is 0.475 e. The summed E-state index contributed by atoms with van der Waals surface area (Å²) in [6.07, 6.45) is -0.208. The monoisotopic (exact) mass is 467 g/mol. The second kappa shape index (κ2) is 11.1. The van der Waals surface area contributed by atoms with E-state index in [1.54, 1.807) is 37.3 Å². The Morgan fingerprint density at radius 2 is 1.97 bits per heavy atom. The molecule has 34 heavy (non-hydrogen) atoms. The molecule has 0 unspecified atom stereocenters. The van der Waals surface area contributed by atoms with Crippen molar-refractivity contribution >= 4 is 31.3 Å². The molecule has 1 aromatic heterocycles. The molecule has 0 spiro atoms. The molecule has 1 atom stereocenters. The normalized spacial score (nSPS) is 11.4. The lowest BCUT2D eigenvalue weighted by Crippen LogP contribution is -2.48. The maximum atomic E-state index is 12.8. The predicted molar refractivity (Wildman–Crippen MR) is 120 cm³/mol. The quantitative estimate of drug-likeness (QED) is 0.204. The summed E-state index contributed by atoms with van der Waals surface area (Å²) in [4.78, 5) is 35.1. The summed E-state index contributed by atoms with van der Waals surface area (Å²) < 4.78 is 9.81. The number of para-hydroxylation sites is 1. The second-order valence-corrected chi connectivity index (χ2v) is 7.39. The summed E-state index contributed by atoms with van der Waals surface area (Å²) in [5, 5.41) is 38.4. The molecule has 1 amide bonds. The Balaban J connectivity index is 1.74. The third kappa shape index (κ3) is 6.21. The van der Waals surface area contributed by atoms with Gasteiger partial charge in [0.1, 0.15) is 17.1 Å². The number of nitrogens with zero attached hydrogens (tertiary/aromatic N) is 1. The number of nitrogens with one attached hydrogen (secondary N) is 2. The van der Waals surface area contributed by atoms with Crippen LogP contribution in [0.25, 0.3) is 0 Å². The zero-order valence-electron chi connectivity index (χ0n) is 18.1. The lowest BCUT2D eigenvalue weighted by Gasteiger charge is -2.20. The standard InChI is InChI=1S/C22H22BN3O8/c1-13-8-19(26-34-13)24-11-14-4-2-6-16(9-14)21(28)25-18(23(31)32)10-15-5-3-7-17(22(29)30)20(15)33-12-27/h2-9,12,18,31-32H,10-11H2,1H3,(H,24,26)(H,25,28)(H,29,30)/t18-/m0/s1. The van der Waals surface area contributed by atoms with Gasteiger partial charge in [0.05, 0.1) is 5.94 Å². The fourth-order valence-corrected chi connectivity index (χ4v) is 3.29. The summed E-state index contributed by atoms with van der Waals surface area (Å²) in [5.41, 5.74) is 0.964. The molecule has 3 rings (SSSR count). The van der Waals surface area contributed by atoms with E-state index in [0.717, 1.165) is 5.56 Å². The SMILES string of the molecule is Cc1cc(NCc2cccc(C(=O)N[C@@H](Cc3cccc(C(=O)O)c3OC=O)B(O)O)c2)no1. The van der Waals surface area contributed by atoms with Crippen molar-refractivity contribution in [3.05, 3.63) is 76.5 Å². The highest BCUT2D eigenvalue weighted by molar-refractivity contribution is 6.43. The number of aryl methyl sites for hydroxylation is 1. The number of aromatic carboxylic acids is 1. The average Bonchev–Trinajstić information content (AvgIpc) is 3.23. The molecular formula is C22H22BN3O8. The Morgan fingerprint density at radius 3 is 2.62 bits per heavy atom. The first kappa shape index (κ1) is 24.5. The van der Waals surface area contributed by atoms with Gasteiger partial charge in [-0.25, -0.2) is 4.79 Å². The molecular weight excluding hydrogens is 445 g/mol. The molecule has 0 aliphatic carbocycles. The summed E-state index contributed by atoms with van der Waals surface area (Å²) >= 11 is 0. The third-order valence-electron chi connectivity index (χ3n) is 4.90. The van der Waals surface area contributed by atoms with Crippen molar-refractivity contribution in [2.45, 2.75) is 25.8 Å². The number of carboxylic acids is 1. The van der Waals surface area contributed by atoms with Gasteiger partial charge >= 0.3 is 13.1 Å². The molecule has 5 N–H and O–H groups in total. The van der Waals surface area contributed by atoms with E-state index in [9.17, 15) is 29.5 Å². The minimum Gasteiger partial charge on any atom is -0.478 e. The molecule has 3 aromatic rings. The zero-order chi connectivity index (χ0) is 24.7. The maximum Gasteiger partial charge on any atom is 0.475 e. The highest BCUT2D eigenvalue weighted by atomic mass is 16.5. The summed E-state index contributed by atoms with van der Waals surface area (Å²) in [7, 11) is -1.97. The Hall–Kier alpha value is -4.16. The summed E-state index contributed by atoms with van der Waals surface area (Å²) in [5.74, 6) is -2.15. The topological polar surface area (TPSA) is 171 Å². The molecule has 2 aromatic carbocycles. The average molecular weight is 467 g/mol. The number of ether oxygens (including phenoxy) is 1. The molecule has 0 aliphatic rings. The van der Waals surface area contributed by atoms with E-state index < -0.39 is 24.9 Å². The van der Waals surface area contributed by atoms with Crippen LogP contribution in [0.1, 0.15) is 37.6 Å². The lowest BCUT2D eigenvalue weighted by molar-refractivity contribution is -0.120. The number of benzene rings is 2. The molecule has 1 heterocycles. The molecule has 11 nitrogen and oxygen atoms in total. The number of aromatic nitrogens is 1. The lowest BCUT2D eigenvalue weighted by atomic mass is 9.75. The molecule has 176 valence electrons. The van der Waals surface area contributed by atoms with Crippen LogP contribution in [-0.2, 0) is 17.8 Å². The van der Waals surface area contributed by atoms with Gasteiger partial charge in [-0.3, -0.25) is 9.59 Å². The highest BCUT2D eigenvalue weighted by Crippen LogP contribution is 2.25. The molecule has 12 heteroatoms. The van der Waals surface area contributed by atoms with Crippen molar-refractivity contribution in [2.24, 2.45) is 0 Å². The first-order valence-electron chi connectivity index (χ1n) is 10.2. The van der Waals surface area contributed by atoms with Crippen molar-refractivity contribution in [1.29, 1.82) is 0 Å². The molecule has 0 bridgehead atoms. The number of carboxylic acid groups (broad SMARTS) is 1. The number of rotatable bonds is 11. The minimum atomic E-state index is -1.97. The Labute approximate surface area is 194 Å². The van der Waals surface area contributed by atoms with Gasteiger partial charge in [-0.05, 0) is 42.7 Å². The van der Waals surface area contributed by atoms with Gasteiger partial charge in [0.2, 0.25) is 0 Å². The maximum absolute atomic E-state index is 12.8. The van der Waals surface area contributed by atoms with Crippen LogP contribution in [-0.4, -0.2) is 51.7 Å². The minimum absolute atomic E-state index is 0.0775. The van der Waals surface area contributed by atoms with Gasteiger partial charge in [0.25, 0.3) is 12.4 Å². The van der Waals surface area contributed by atoms with E-state index in [1.165, 1.54) is 18.2 Å². The van der Waals surface area contributed by atoms with Gasteiger partial charge in [-0.2, -0.15) is 0 Å². The van der Waals surface area contributed by atoms with E-state index in [0.29, 0.717) is 18.1 Å². The van der Waals surface area contributed by atoms with Crippen LogP contribution in [0.4, 0.5) is 5.82 Å². The number of hydrogen-bond donors (Lipinski definition) is 5. The molecule has 0 radical (unpaired) electrons. The number of carbonyl (C=O) groups excluding carboxylic acids is 2. The van der Waals surface area contributed by atoms with Crippen molar-refractivity contribution in [3.63, 3.8) is 0 Å². The number of anilines is 1. The Kier molecular flexibility index (Phi) is 8.01. The van der Waals surface area contributed by atoms with Crippen LogP contribution in [0.2, 0.25) is 0 Å². The molecule has 0 saturated carbocycles. The van der Waals surface area contributed by atoms with E-state index in [-0.39, 0.29) is 35.3 Å². The van der Waals surface area contributed by atoms with Crippen molar-refractivity contribution in [1.82, 2.24) is 10.5 Å². The summed E-state index contributed by atoms with van der Waals surface area (Å²) in [6.45, 7) is 2.21. The Bertz CT molecular complexity index is 1180. The largest absolute Gasteiger partial charge is 0.478 e. The number of amides is 1. The van der Waals surface area contributed by atoms with E-state index in [1.807, 2.05) is 0 Å². The molecule has 0 saturated heterocycles. The van der Waals surface area contributed by atoms with Crippen LogP contribution >= 0.6 is 0 Å². The van der Waals surface area contributed by atoms with Crippen molar-refractivity contribution in [3.8, 4) is 5.75 Å². The van der Waals surface area contributed by atoms with E-state index in [4.69, 9.17) is 9.26 Å². The van der Waals surface area contributed by atoms with Crippen LogP contribution < -0.4 is 15.4 Å². The van der Waals surface area contributed by atoms with Crippen LogP contribution in [0.3, 0.4) is 0 Å². The first-order valence-corrected chi connectivity index (χ1v) is 10.2. The van der Waals surface area contributed by atoms with Gasteiger partial charge in [-0.1, -0.05) is 29.4 Å². The Morgan fingerprint density at radius 1 is 1.21 bits per heavy atom. The van der Waals surface area contributed by atoms with Crippen LogP contribution in [0.15, 0.2) is 53.1 Å². The second-order valence-electron chi connectivity index (χ2n) is 7.39. The van der Waals surface area contributed by atoms with Crippen LogP contribution in [0.5, 0.6) is 5.75 Å². The van der Waals surface area contributed by atoms with Crippen LogP contribution in [0, 0.1) is 6.92 Å². The number of hydrogen-bond acceptors (Lipinski definition) is 9. The van der Waals surface area contributed by atoms with E-state index >= 15 is 0 Å². The van der Waals surface area contributed by atoms with E-state index in [2.05, 4.69) is 15.8 Å². The van der Waals surface area contributed by atoms with Crippen molar-refractivity contribution < 1.29 is 38.8 Å². The first-order chi connectivity index (χ1) is 16.3. The predicted octanol–water partition coefficient (Wildman–Crippen LogP) is 1.18. The fraction of sp³-hybridized carbons (Fsp3) is 0.182. The highest BCUT2D eigenvalue weighted by Gasteiger charge is 2.28. The zero-order valence-corrected chi connectivity index (χ0v) is 18.1.